The number of carbonyl (C=O) groups excluding carboxylic acids is 1. The zero-order valence-electron chi connectivity index (χ0n) is 20.0. The molecule has 1 aromatic heterocycles. The Morgan fingerprint density at radius 2 is 1.81 bits per heavy atom. The van der Waals surface area contributed by atoms with Crippen LogP contribution in [0, 0.1) is 19.7 Å². The molecule has 0 atom stereocenters. The molecule has 0 aliphatic rings. The molecule has 0 spiro atoms. The van der Waals surface area contributed by atoms with Crippen LogP contribution in [0.1, 0.15) is 28.7 Å². The summed E-state index contributed by atoms with van der Waals surface area (Å²) in [4.78, 5) is 21.2. The molecular weight excluding hydrogens is 502 g/mol. The van der Waals surface area contributed by atoms with Crippen LogP contribution in [-0.2, 0) is 17.6 Å². The molecule has 1 heterocycles. The number of carbonyl (C=O) groups is 1. The van der Waals surface area contributed by atoms with Crippen LogP contribution in [-0.4, -0.2) is 28.2 Å². The fourth-order valence-electron chi connectivity index (χ4n) is 3.81. The maximum atomic E-state index is 14.0. The second-order valence-corrected chi connectivity index (χ2v) is 9.33. The molecule has 186 valence electrons. The number of hydrogen-bond acceptors (Lipinski definition) is 5. The van der Waals surface area contributed by atoms with Crippen molar-refractivity contribution in [3.05, 3.63) is 88.0 Å². The summed E-state index contributed by atoms with van der Waals surface area (Å²) in [7, 11) is 0. The summed E-state index contributed by atoms with van der Waals surface area (Å²) in [5.74, 6) is 1.61. The fraction of sp³-hybridized carbons (Fsp3) is 0.250. The van der Waals surface area contributed by atoms with Crippen LogP contribution in [0.25, 0.3) is 10.9 Å². The third-order valence-electron chi connectivity index (χ3n) is 5.65. The van der Waals surface area contributed by atoms with Gasteiger partial charge in [-0.2, -0.15) is 0 Å². The van der Waals surface area contributed by atoms with E-state index >= 15 is 0 Å². The second-order valence-electron chi connectivity index (χ2n) is 8.55. The van der Waals surface area contributed by atoms with Gasteiger partial charge in [0.2, 0.25) is 5.88 Å². The van der Waals surface area contributed by atoms with E-state index in [1.54, 1.807) is 30.3 Å². The molecule has 0 aliphatic heterocycles. The molecule has 0 saturated carbocycles. The largest absolute Gasteiger partial charge is 0.493 e. The number of hydrogen-bond donors (Lipinski definition) is 0. The number of Topliss-reactive ketones (excluding diaryl/α,β-unsaturated/α-hetero) is 1. The number of aryl methyl sites for hydroxylation is 2. The van der Waals surface area contributed by atoms with Gasteiger partial charge in [0.1, 0.15) is 29.4 Å². The van der Waals surface area contributed by atoms with Gasteiger partial charge in [-0.25, -0.2) is 14.4 Å². The number of nitrogens with zero attached hydrogens (tertiary/aromatic N) is 2. The Morgan fingerprint density at radius 3 is 2.58 bits per heavy atom. The minimum atomic E-state index is -0.384. The van der Waals surface area contributed by atoms with Crippen molar-refractivity contribution in [1.29, 1.82) is 0 Å². The summed E-state index contributed by atoms with van der Waals surface area (Å²) in [5.41, 5.74) is 3.54. The highest BCUT2D eigenvalue weighted by Gasteiger charge is 2.14. The Labute approximate surface area is 219 Å². The second kappa shape index (κ2) is 11.7. The average molecular weight is 527 g/mol. The highest BCUT2D eigenvalue weighted by molar-refractivity contribution is 6.31. The normalized spacial score (nSPS) is 11.0. The van der Waals surface area contributed by atoms with Crippen LogP contribution < -0.4 is 9.47 Å². The molecular formula is C28H25Cl2FN2O3. The van der Waals surface area contributed by atoms with Crippen molar-refractivity contribution in [2.75, 3.05) is 12.5 Å². The van der Waals surface area contributed by atoms with E-state index < -0.39 is 0 Å². The predicted octanol–water partition coefficient (Wildman–Crippen LogP) is 7.19. The first kappa shape index (κ1) is 25.9. The van der Waals surface area contributed by atoms with Gasteiger partial charge in [0.15, 0.2) is 0 Å². The third kappa shape index (κ3) is 6.31. The number of benzene rings is 3. The Hall–Kier alpha value is -3.22. The molecule has 0 bridgehead atoms. The molecule has 0 unspecified atom stereocenters. The first-order chi connectivity index (χ1) is 17.3. The van der Waals surface area contributed by atoms with Gasteiger partial charge in [-0.3, -0.25) is 4.79 Å². The molecule has 0 fully saturated rings. The molecule has 36 heavy (non-hydrogen) atoms. The lowest BCUT2D eigenvalue weighted by Gasteiger charge is -2.12. The van der Waals surface area contributed by atoms with Crippen molar-refractivity contribution >= 4 is 39.9 Å². The van der Waals surface area contributed by atoms with E-state index in [1.807, 2.05) is 26.0 Å². The number of ether oxygens (including phenoxy) is 2. The van der Waals surface area contributed by atoms with E-state index in [1.165, 1.54) is 12.4 Å². The van der Waals surface area contributed by atoms with E-state index in [9.17, 15) is 9.18 Å². The van der Waals surface area contributed by atoms with Crippen molar-refractivity contribution in [3.63, 3.8) is 0 Å². The Morgan fingerprint density at radius 1 is 1.00 bits per heavy atom. The third-order valence-corrected chi connectivity index (χ3v) is 6.27. The number of rotatable bonds is 10. The number of aromatic nitrogens is 2. The standard InChI is InChI=1S/C28H25Cl2FN2O3/c1-17-4-7-25(31)20(10-17)13-21(34)12-19-5-6-22(14-24(19)30)36-28-23-11-18(2)27(35-9-3-8-29)15-26(23)32-16-33-28/h4-7,10-11,14-16H,3,8-9,12-13H2,1-2H3. The lowest BCUT2D eigenvalue weighted by Crippen LogP contribution is -2.08. The van der Waals surface area contributed by atoms with Gasteiger partial charge in [0, 0.05) is 29.8 Å². The zero-order valence-corrected chi connectivity index (χ0v) is 21.5. The molecule has 8 heteroatoms. The van der Waals surface area contributed by atoms with Crippen molar-refractivity contribution in [3.8, 4) is 17.4 Å². The molecule has 4 rings (SSSR count). The van der Waals surface area contributed by atoms with E-state index in [2.05, 4.69) is 9.97 Å². The molecule has 5 nitrogen and oxygen atoms in total. The van der Waals surface area contributed by atoms with Crippen molar-refractivity contribution in [1.82, 2.24) is 9.97 Å². The Kier molecular flexibility index (Phi) is 8.39. The molecule has 4 aromatic rings. The predicted molar refractivity (Wildman–Crippen MR) is 140 cm³/mol. The highest BCUT2D eigenvalue weighted by atomic mass is 35.5. The summed E-state index contributed by atoms with van der Waals surface area (Å²) in [6.07, 6.45) is 2.28. The van der Waals surface area contributed by atoms with Gasteiger partial charge in [0.25, 0.3) is 0 Å². The first-order valence-corrected chi connectivity index (χ1v) is 12.4. The van der Waals surface area contributed by atoms with E-state index in [0.717, 1.165) is 28.7 Å². The zero-order chi connectivity index (χ0) is 25.7. The molecule has 0 saturated heterocycles. The van der Waals surface area contributed by atoms with E-state index in [0.29, 0.717) is 45.8 Å². The van der Waals surface area contributed by atoms with Crippen LogP contribution >= 0.6 is 23.2 Å². The van der Waals surface area contributed by atoms with Gasteiger partial charge in [-0.15, -0.1) is 11.6 Å². The number of halogens is 3. The SMILES string of the molecule is Cc1ccc(F)c(CC(=O)Cc2ccc(Oc3ncnc4cc(OCCCCl)c(C)cc34)cc2Cl)c1. The maximum absolute atomic E-state index is 14.0. The van der Waals surface area contributed by atoms with Crippen LogP contribution in [0.15, 0.2) is 54.9 Å². The summed E-state index contributed by atoms with van der Waals surface area (Å²) < 4.78 is 25.8. The Balaban J connectivity index is 1.49. The van der Waals surface area contributed by atoms with Crippen molar-refractivity contribution in [2.24, 2.45) is 0 Å². The summed E-state index contributed by atoms with van der Waals surface area (Å²) in [6.45, 7) is 4.33. The Bertz CT molecular complexity index is 1410. The summed E-state index contributed by atoms with van der Waals surface area (Å²) in [6, 6.07) is 13.6. The van der Waals surface area contributed by atoms with Gasteiger partial charge in [-0.1, -0.05) is 35.4 Å². The first-order valence-electron chi connectivity index (χ1n) is 11.5. The van der Waals surface area contributed by atoms with Crippen LogP contribution in [0.5, 0.6) is 17.4 Å². The highest BCUT2D eigenvalue weighted by Crippen LogP contribution is 2.33. The maximum Gasteiger partial charge on any atom is 0.230 e. The van der Waals surface area contributed by atoms with Crippen molar-refractivity contribution in [2.45, 2.75) is 33.1 Å². The molecule has 3 aromatic carbocycles. The molecule has 0 amide bonds. The smallest absolute Gasteiger partial charge is 0.230 e. The van der Waals surface area contributed by atoms with Crippen LogP contribution in [0.4, 0.5) is 4.39 Å². The minimum absolute atomic E-state index is 0.00590. The lowest BCUT2D eigenvalue weighted by atomic mass is 10.0. The van der Waals surface area contributed by atoms with Gasteiger partial charge in [-0.05, 0) is 61.2 Å². The topological polar surface area (TPSA) is 61.3 Å². The average Bonchev–Trinajstić information content (AvgIpc) is 2.84. The van der Waals surface area contributed by atoms with Gasteiger partial charge >= 0.3 is 0 Å². The molecule has 0 aliphatic carbocycles. The van der Waals surface area contributed by atoms with E-state index in [-0.39, 0.29) is 24.4 Å². The van der Waals surface area contributed by atoms with Crippen LogP contribution in [0.3, 0.4) is 0 Å². The van der Waals surface area contributed by atoms with Gasteiger partial charge < -0.3 is 9.47 Å². The van der Waals surface area contributed by atoms with Crippen LogP contribution in [0.2, 0.25) is 5.02 Å². The number of alkyl halides is 1. The fourth-order valence-corrected chi connectivity index (χ4v) is 4.16. The summed E-state index contributed by atoms with van der Waals surface area (Å²) in [5, 5.41) is 1.12. The molecule has 0 radical (unpaired) electrons. The van der Waals surface area contributed by atoms with Gasteiger partial charge in [0.05, 0.1) is 17.5 Å². The quantitative estimate of drug-likeness (QED) is 0.161. The van der Waals surface area contributed by atoms with E-state index in [4.69, 9.17) is 32.7 Å². The number of ketones is 1. The number of fused-ring (bicyclic) bond motifs is 1. The minimum Gasteiger partial charge on any atom is -0.493 e. The monoisotopic (exact) mass is 526 g/mol. The lowest BCUT2D eigenvalue weighted by molar-refractivity contribution is -0.117. The summed E-state index contributed by atoms with van der Waals surface area (Å²) >= 11 is 12.2. The van der Waals surface area contributed by atoms with Crippen molar-refractivity contribution < 1.29 is 18.7 Å². The molecule has 0 N–H and O–H groups in total.